The fourth-order valence-electron chi connectivity index (χ4n) is 4.11. The molecule has 1 aliphatic heterocycles. The molecule has 2 amide bonds. The first-order valence-electron chi connectivity index (χ1n) is 10.8. The molecule has 2 heterocycles. The van der Waals surface area contributed by atoms with Gasteiger partial charge in [0.2, 0.25) is 5.91 Å². The van der Waals surface area contributed by atoms with Crippen LogP contribution in [0.2, 0.25) is 0 Å². The Labute approximate surface area is 182 Å². The van der Waals surface area contributed by atoms with E-state index >= 15 is 0 Å². The summed E-state index contributed by atoms with van der Waals surface area (Å²) in [6.07, 6.45) is 2.27. The lowest BCUT2D eigenvalue weighted by atomic mass is 10.1. The Morgan fingerprint density at radius 2 is 1.61 bits per heavy atom. The first kappa shape index (κ1) is 21.1. The van der Waals surface area contributed by atoms with E-state index < -0.39 is 0 Å². The quantitative estimate of drug-likeness (QED) is 0.582. The van der Waals surface area contributed by atoms with Gasteiger partial charge in [-0.1, -0.05) is 48.5 Å². The van der Waals surface area contributed by atoms with Crippen molar-refractivity contribution >= 4 is 22.8 Å². The third-order valence-electron chi connectivity index (χ3n) is 5.80. The highest BCUT2D eigenvalue weighted by atomic mass is 16.5. The molecule has 0 N–H and O–H groups in total. The number of methoxy groups -OCH3 is 1. The van der Waals surface area contributed by atoms with Crippen molar-refractivity contribution < 1.29 is 18.7 Å². The van der Waals surface area contributed by atoms with Gasteiger partial charge in [-0.15, -0.1) is 0 Å². The molecule has 3 aromatic rings. The van der Waals surface area contributed by atoms with E-state index in [1.165, 1.54) is 5.56 Å². The summed E-state index contributed by atoms with van der Waals surface area (Å²) in [6.45, 7) is 2.43. The topological polar surface area (TPSA) is 63.0 Å². The highest BCUT2D eigenvalue weighted by Crippen LogP contribution is 2.28. The van der Waals surface area contributed by atoms with E-state index in [0.717, 1.165) is 23.8 Å². The Hall–Kier alpha value is -3.12. The van der Waals surface area contributed by atoms with E-state index in [4.69, 9.17) is 9.15 Å². The molecule has 1 saturated heterocycles. The molecule has 2 aromatic carbocycles. The van der Waals surface area contributed by atoms with Crippen LogP contribution in [0.25, 0.3) is 11.0 Å². The molecular weight excluding hydrogens is 392 g/mol. The molecular formula is C25H28N2O4. The highest BCUT2D eigenvalue weighted by Gasteiger charge is 2.29. The number of carbonyl (C=O) groups is 2. The molecule has 0 atom stereocenters. The number of furan rings is 1. The number of hydrogen-bond acceptors (Lipinski definition) is 4. The van der Waals surface area contributed by atoms with Gasteiger partial charge in [0, 0.05) is 50.7 Å². The van der Waals surface area contributed by atoms with Crippen molar-refractivity contribution in [1.82, 2.24) is 9.80 Å². The number of benzene rings is 2. The molecule has 0 radical (unpaired) electrons. The molecule has 4 rings (SSSR count). The number of para-hydroxylation sites is 1. The lowest BCUT2D eigenvalue weighted by Crippen LogP contribution is -2.50. The van der Waals surface area contributed by atoms with Gasteiger partial charge >= 0.3 is 0 Å². The van der Waals surface area contributed by atoms with Crippen LogP contribution in [0.5, 0.6) is 0 Å². The molecule has 0 spiro atoms. The van der Waals surface area contributed by atoms with E-state index in [1.54, 1.807) is 12.0 Å². The number of carbonyl (C=O) groups excluding carboxylic acids is 2. The summed E-state index contributed by atoms with van der Waals surface area (Å²) in [5.74, 6) is 0.358. The van der Waals surface area contributed by atoms with Crippen molar-refractivity contribution in [2.24, 2.45) is 0 Å². The van der Waals surface area contributed by atoms with Crippen LogP contribution in [0.3, 0.4) is 0 Å². The number of nitrogens with zero attached hydrogens (tertiary/aromatic N) is 2. The van der Waals surface area contributed by atoms with Crippen LogP contribution in [0.1, 0.15) is 34.5 Å². The van der Waals surface area contributed by atoms with Gasteiger partial charge in [-0.25, -0.2) is 0 Å². The van der Waals surface area contributed by atoms with Crippen molar-refractivity contribution in [1.29, 1.82) is 0 Å². The minimum Gasteiger partial charge on any atom is -0.451 e. The number of ether oxygens (including phenoxy) is 1. The minimum atomic E-state index is -0.139. The van der Waals surface area contributed by atoms with Gasteiger partial charge in [-0.3, -0.25) is 9.59 Å². The smallest absolute Gasteiger partial charge is 0.290 e. The number of piperazine rings is 1. The summed E-state index contributed by atoms with van der Waals surface area (Å²) in [4.78, 5) is 29.4. The SMILES string of the molecule is COCc1c(C(=O)N2CCN(C(=O)CCCc3ccccc3)CC2)oc2ccccc12. The lowest BCUT2D eigenvalue weighted by Gasteiger charge is -2.34. The van der Waals surface area contributed by atoms with E-state index in [-0.39, 0.29) is 11.8 Å². The maximum atomic E-state index is 13.1. The van der Waals surface area contributed by atoms with E-state index in [9.17, 15) is 9.59 Å². The Balaban J connectivity index is 1.33. The van der Waals surface area contributed by atoms with E-state index in [2.05, 4.69) is 12.1 Å². The highest BCUT2D eigenvalue weighted by molar-refractivity contribution is 5.99. The molecule has 31 heavy (non-hydrogen) atoms. The van der Waals surface area contributed by atoms with Crippen LogP contribution in [0.4, 0.5) is 0 Å². The zero-order valence-electron chi connectivity index (χ0n) is 17.9. The number of hydrogen-bond donors (Lipinski definition) is 0. The van der Waals surface area contributed by atoms with Crippen LogP contribution < -0.4 is 0 Å². The van der Waals surface area contributed by atoms with Crippen LogP contribution in [0.15, 0.2) is 59.0 Å². The van der Waals surface area contributed by atoms with E-state index in [1.807, 2.05) is 47.4 Å². The lowest BCUT2D eigenvalue weighted by molar-refractivity contribution is -0.132. The summed E-state index contributed by atoms with van der Waals surface area (Å²) in [5.41, 5.74) is 2.72. The van der Waals surface area contributed by atoms with E-state index in [0.29, 0.717) is 50.5 Å². The van der Waals surface area contributed by atoms with Crippen molar-refractivity contribution in [3.05, 3.63) is 71.5 Å². The first-order valence-corrected chi connectivity index (χ1v) is 10.8. The maximum absolute atomic E-state index is 13.1. The second-order valence-electron chi connectivity index (χ2n) is 7.85. The van der Waals surface area contributed by atoms with Crippen molar-refractivity contribution in [3.63, 3.8) is 0 Å². The summed E-state index contributed by atoms with van der Waals surface area (Å²) < 4.78 is 11.2. The molecule has 0 saturated carbocycles. The predicted molar refractivity (Wildman–Crippen MR) is 119 cm³/mol. The molecule has 1 fully saturated rings. The Morgan fingerprint density at radius 3 is 2.35 bits per heavy atom. The molecule has 0 bridgehead atoms. The molecule has 6 heteroatoms. The third kappa shape index (κ3) is 4.80. The van der Waals surface area contributed by atoms with Crippen molar-refractivity contribution in [3.8, 4) is 0 Å². The normalized spacial score (nSPS) is 14.2. The molecule has 0 aliphatic carbocycles. The van der Waals surface area contributed by atoms with Gasteiger partial charge in [0.15, 0.2) is 5.76 Å². The minimum absolute atomic E-state index is 0.139. The van der Waals surface area contributed by atoms with Crippen molar-refractivity contribution in [2.75, 3.05) is 33.3 Å². The van der Waals surface area contributed by atoms with Crippen LogP contribution in [0, 0.1) is 0 Å². The largest absolute Gasteiger partial charge is 0.451 e. The monoisotopic (exact) mass is 420 g/mol. The average Bonchev–Trinajstić information content (AvgIpc) is 3.18. The van der Waals surface area contributed by atoms with Crippen molar-refractivity contribution in [2.45, 2.75) is 25.9 Å². The molecule has 6 nitrogen and oxygen atoms in total. The Morgan fingerprint density at radius 1 is 0.935 bits per heavy atom. The fourth-order valence-corrected chi connectivity index (χ4v) is 4.11. The summed E-state index contributed by atoms with van der Waals surface area (Å²) in [6, 6.07) is 17.8. The van der Waals surface area contributed by atoms with Gasteiger partial charge in [-0.2, -0.15) is 0 Å². The Kier molecular flexibility index (Phi) is 6.67. The Bertz CT molecular complexity index is 1040. The average molecular weight is 421 g/mol. The van der Waals surface area contributed by atoms with Gasteiger partial charge in [-0.05, 0) is 24.5 Å². The first-order chi connectivity index (χ1) is 15.2. The van der Waals surface area contributed by atoms with Gasteiger partial charge in [0.25, 0.3) is 5.91 Å². The zero-order valence-corrected chi connectivity index (χ0v) is 17.9. The molecule has 1 aliphatic rings. The number of aryl methyl sites for hydroxylation is 1. The molecule has 0 unspecified atom stereocenters. The summed E-state index contributed by atoms with van der Waals surface area (Å²) in [7, 11) is 1.61. The molecule has 162 valence electrons. The number of rotatable bonds is 7. The van der Waals surface area contributed by atoms with Gasteiger partial charge in [0.05, 0.1) is 6.61 Å². The van der Waals surface area contributed by atoms with Crippen LogP contribution in [-0.4, -0.2) is 54.9 Å². The zero-order chi connectivity index (χ0) is 21.6. The molecule has 1 aromatic heterocycles. The number of fused-ring (bicyclic) bond motifs is 1. The van der Waals surface area contributed by atoms with Crippen LogP contribution >= 0.6 is 0 Å². The maximum Gasteiger partial charge on any atom is 0.290 e. The third-order valence-corrected chi connectivity index (χ3v) is 5.80. The second kappa shape index (κ2) is 9.79. The van der Waals surface area contributed by atoms with Gasteiger partial charge < -0.3 is 19.0 Å². The van der Waals surface area contributed by atoms with Gasteiger partial charge in [0.1, 0.15) is 5.58 Å². The second-order valence-corrected chi connectivity index (χ2v) is 7.85. The predicted octanol–water partition coefficient (Wildman–Crippen LogP) is 3.89. The number of amides is 2. The van der Waals surface area contributed by atoms with Crippen LogP contribution in [-0.2, 0) is 22.6 Å². The fraction of sp³-hybridized carbons (Fsp3) is 0.360. The standard InChI is InChI=1S/C25H28N2O4/c1-30-18-21-20-11-5-6-12-22(20)31-24(21)25(29)27-16-14-26(15-17-27)23(28)13-7-10-19-8-3-2-4-9-19/h2-6,8-9,11-12H,7,10,13-18H2,1H3. The summed E-state index contributed by atoms with van der Waals surface area (Å²) in [5, 5.41) is 0.903. The summed E-state index contributed by atoms with van der Waals surface area (Å²) >= 11 is 0.